The van der Waals surface area contributed by atoms with Crippen molar-refractivity contribution in [1.82, 2.24) is 19.2 Å². The number of carbonyl (C=O) groups is 4. The number of hydrogen-bond acceptors (Lipinski definition) is 12. The van der Waals surface area contributed by atoms with Gasteiger partial charge in [-0.15, -0.1) is 0 Å². The van der Waals surface area contributed by atoms with Crippen molar-refractivity contribution in [3.05, 3.63) is 60.2 Å². The molecule has 0 spiro atoms. The Morgan fingerprint density at radius 1 is 0.978 bits per heavy atom. The van der Waals surface area contributed by atoms with Crippen molar-refractivity contribution in [2.75, 3.05) is 13.2 Å². The van der Waals surface area contributed by atoms with Crippen LogP contribution < -0.4 is 113 Å². The number of hydrogen-bond donors (Lipinski definition) is 1. The summed E-state index contributed by atoms with van der Waals surface area (Å²) in [7, 11) is 0. The number of ether oxygens (including phenoxy) is 3. The van der Waals surface area contributed by atoms with Crippen molar-refractivity contribution >= 4 is 46.8 Å². The van der Waals surface area contributed by atoms with Gasteiger partial charge in [-0.2, -0.15) is 27.8 Å². The molecule has 0 aliphatic rings. The van der Waals surface area contributed by atoms with Gasteiger partial charge in [0.05, 0.1) is 49.0 Å². The van der Waals surface area contributed by atoms with Gasteiger partial charge in [0, 0.05) is 6.92 Å². The molecule has 21 heteroatoms. The zero-order valence-electron chi connectivity index (χ0n) is 26.0. The Hall–Kier alpha value is -1.70. The fourth-order valence-corrected chi connectivity index (χ4v) is 2.84. The first-order valence-corrected chi connectivity index (χ1v) is 12.3. The number of aromatic nitrogens is 4. The molecule has 4 aromatic heterocycles. The third-order valence-corrected chi connectivity index (χ3v) is 4.91. The summed E-state index contributed by atoms with van der Waals surface area (Å²) in [5.41, 5.74) is 1.76. The van der Waals surface area contributed by atoms with Crippen molar-refractivity contribution < 1.29 is 170 Å². The quantitative estimate of drug-likeness (QED) is 0.0377. The number of Topliss-reactive ketones (excluding diaryl/α,β-unsaturated/α-hetero) is 1. The first-order chi connectivity index (χ1) is 20.7. The van der Waals surface area contributed by atoms with Crippen LogP contribution in [-0.2, 0) is 24.0 Å². The Bertz CT molecular complexity index is 1560. The van der Waals surface area contributed by atoms with Crippen LogP contribution in [0.15, 0.2) is 49.1 Å². The number of carbonyl (C=O) groups excluding carboxylic acids is 4. The minimum Gasteiger partial charge on any atom is -1.00 e. The van der Waals surface area contributed by atoms with E-state index in [1.807, 2.05) is 0 Å². The molecule has 14 nitrogen and oxygen atoms in total. The SMILES string of the molecule is CC(=O)C(F)(F)Cl.CCOC(=O)c1cnn2cc(O)ccc12.CCOC(=O)c1cnn2cc(OC(F)F)ccc12.O=CO[O-].[H-].[K+].[K+]. The van der Waals surface area contributed by atoms with Crippen LogP contribution in [0.4, 0.5) is 17.6 Å². The minimum absolute atomic E-state index is 0. The Labute approximate surface area is 349 Å². The number of fused-ring (bicyclic) bond motifs is 2. The van der Waals surface area contributed by atoms with E-state index in [-0.39, 0.29) is 134 Å². The Morgan fingerprint density at radius 2 is 1.39 bits per heavy atom. The molecule has 0 aliphatic heterocycles. The summed E-state index contributed by atoms with van der Waals surface area (Å²) >= 11 is 4.19. The van der Waals surface area contributed by atoms with Gasteiger partial charge in [-0.25, -0.2) is 18.6 Å². The van der Waals surface area contributed by atoms with E-state index in [1.54, 1.807) is 19.9 Å². The largest absolute Gasteiger partial charge is 1.00 e. The van der Waals surface area contributed by atoms with Gasteiger partial charge >= 0.3 is 127 Å². The first-order valence-electron chi connectivity index (χ1n) is 11.9. The fourth-order valence-electron chi connectivity index (χ4n) is 2.84. The summed E-state index contributed by atoms with van der Waals surface area (Å²) in [5, 5.41) is 21.8. The van der Waals surface area contributed by atoms with Crippen LogP contribution in [0.2, 0.25) is 0 Å². The Balaban J connectivity index is -0.000000605. The molecule has 0 atom stereocenters. The van der Waals surface area contributed by atoms with Crippen LogP contribution in [0.5, 0.6) is 11.5 Å². The van der Waals surface area contributed by atoms with E-state index < -0.39 is 29.7 Å². The molecule has 0 unspecified atom stereocenters. The van der Waals surface area contributed by atoms with Crippen LogP contribution in [-0.4, -0.2) is 73.7 Å². The van der Waals surface area contributed by atoms with Gasteiger partial charge in [0.2, 0.25) is 5.78 Å². The smallest absolute Gasteiger partial charge is 1.00 e. The molecular weight excluding hydrogens is 706 g/mol. The number of ketones is 1. The number of alkyl halides is 5. The summed E-state index contributed by atoms with van der Waals surface area (Å²) in [6.07, 6.45) is 5.44. The van der Waals surface area contributed by atoms with E-state index >= 15 is 0 Å². The van der Waals surface area contributed by atoms with E-state index in [4.69, 9.17) is 19.5 Å². The zero-order chi connectivity index (χ0) is 33.4. The topological polar surface area (TPSA) is 183 Å². The number of halogens is 5. The molecule has 0 amide bonds. The van der Waals surface area contributed by atoms with Crippen molar-refractivity contribution in [2.45, 2.75) is 32.8 Å². The molecule has 46 heavy (non-hydrogen) atoms. The second-order valence-corrected chi connectivity index (χ2v) is 8.07. The van der Waals surface area contributed by atoms with E-state index in [1.165, 1.54) is 52.0 Å². The Morgan fingerprint density at radius 3 is 1.76 bits per heavy atom. The molecule has 242 valence electrons. The number of nitrogens with zero attached hydrogens (tertiary/aromatic N) is 4. The van der Waals surface area contributed by atoms with Crippen molar-refractivity contribution in [3.63, 3.8) is 0 Å². The molecule has 1 N–H and O–H groups in total. The predicted octanol–water partition coefficient (Wildman–Crippen LogP) is -2.71. The molecule has 0 fully saturated rings. The number of aromatic hydroxyl groups is 1. The summed E-state index contributed by atoms with van der Waals surface area (Å²) < 4.78 is 63.2. The standard InChI is InChI=1S/C11H10F2N2O3.C10H10N2O3.C3H3ClF2O.CH2O3.2K.H/c1-2-17-10(16)8-5-14-15-6-7(18-11(12)13)3-4-9(8)15;1-2-15-10(14)8-5-11-12-6-7(13)3-4-9(8)12;1-2(7)3(4,5)6;2-1-4-3;;;/h3-6,11H,2H2,1H3;3-6,13H,2H2,1H3;1H3;1,3H;;;/q;;;;2*+1;-1/p-1. The average Bonchev–Trinajstić information content (AvgIpc) is 3.57. The van der Waals surface area contributed by atoms with Gasteiger partial charge < -0.3 is 30.9 Å². The van der Waals surface area contributed by atoms with E-state index in [0.29, 0.717) is 23.2 Å². The number of pyridine rings is 2. The number of rotatable bonds is 8. The molecule has 0 aromatic carbocycles. The average molecular weight is 731 g/mol. The van der Waals surface area contributed by atoms with Crippen LogP contribution in [0.1, 0.15) is 42.9 Å². The molecule has 4 rings (SSSR count). The molecular formula is C25H25ClF4K2N4O10. The van der Waals surface area contributed by atoms with E-state index in [2.05, 4.69) is 31.4 Å². The molecule has 0 bridgehead atoms. The van der Waals surface area contributed by atoms with E-state index in [0.717, 1.165) is 6.92 Å². The molecule has 0 saturated heterocycles. The van der Waals surface area contributed by atoms with Gasteiger partial charge in [0.1, 0.15) is 22.6 Å². The fraction of sp³-hybridized carbons (Fsp3) is 0.280. The van der Waals surface area contributed by atoms with E-state index in [9.17, 15) is 37.1 Å². The summed E-state index contributed by atoms with van der Waals surface area (Å²) in [5.74, 6) is -2.17. The van der Waals surface area contributed by atoms with Gasteiger partial charge in [-0.3, -0.25) is 9.59 Å². The van der Waals surface area contributed by atoms with Gasteiger partial charge in [0.25, 0.3) is 6.47 Å². The maximum atomic E-state index is 12.0. The number of esters is 2. The van der Waals surface area contributed by atoms with Crippen molar-refractivity contribution in [1.29, 1.82) is 0 Å². The van der Waals surface area contributed by atoms with Crippen LogP contribution in [0.3, 0.4) is 0 Å². The van der Waals surface area contributed by atoms with Gasteiger partial charge in [-0.05, 0) is 49.7 Å². The van der Waals surface area contributed by atoms with Crippen LogP contribution in [0.25, 0.3) is 11.0 Å². The predicted molar refractivity (Wildman–Crippen MR) is 140 cm³/mol. The zero-order valence-corrected chi connectivity index (χ0v) is 32.0. The maximum absolute atomic E-state index is 12.0. The molecule has 0 saturated carbocycles. The van der Waals surface area contributed by atoms with Crippen molar-refractivity contribution in [3.8, 4) is 11.5 Å². The second kappa shape index (κ2) is 23.6. The normalized spacial score (nSPS) is 9.87. The summed E-state index contributed by atoms with van der Waals surface area (Å²) in [6, 6.07) is 5.93. The van der Waals surface area contributed by atoms with Crippen LogP contribution >= 0.6 is 11.6 Å². The third kappa shape index (κ3) is 15.9. The summed E-state index contributed by atoms with van der Waals surface area (Å²) in [6.45, 7) is 1.67. The molecule has 4 heterocycles. The maximum Gasteiger partial charge on any atom is 1.00 e. The first kappa shape index (κ1) is 46.4. The molecule has 4 aromatic rings. The second-order valence-electron chi connectivity index (χ2n) is 7.59. The minimum atomic E-state index is -3.67. The summed E-state index contributed by atoms with van der Waals surface area (Å²) in [4.78, 5) is 43.9. The van der Waals surface area contributed by atoms with Gasteiger partial charge in [0.15, 0.2) is 0 Å². The molecule has 0 radical (unpaired) electrons. The van der Waals surface area contributed by atoms with Crippen molar-refractivity contribution in [2.24, 2.45) is 0 Å². The van der Waals surface area contributed by atoms with Gasteiger partial charge in [-0.1, -0.05) is 0 Å². The van der Waals surface area contributed by atoms with Crippen LogP contribution in [0, 0.1) is 0 Å². The Kier molecular flexibility index (Phi) is 23.8. The third-order valence-electron chi connectivity index (χ3n) is 4.64. The molecule has 0 aliphatic carbocycles. The monoisotopic (exact) mass is 730 g/mol.